The van der Waals surface area contributed by atoms with Gasteiger partial charge >= 0.3 is 6.18 Å². The minimum Gasteiger partial charge on any atom is -0.465 e. The highest BCUT2D eigenvalue weighted by molar-refractivity contribution is 5.99. The summed E-state index contributed by atoms with van der Waals surface area (Å²) in [5.74, 6) is -0.109. The molecule has 1 N–H and O–H groups in total. The number of nitrogens with zero attached hydrogens (tertiary/aromatic N) is 2. The molecule has 28 heavy (non-hydrogen) atoms. The van der Waals surface area contributed by atoms with Crippen molar-refractivity contribution in [2.24, 2.45) is 5.41 Å². The van der Waals surface area contributed by atoms with Gasteiger partial charge in [0.25, 0.3) is 0 Å². The summed E-state index contributed by atoms with van der Waals surface area (Å²) in [5, 5.41) is 10.6. The van der Waals surface area contributed by atoms with E-state index in [2.05, 4.69) is 4.98 Å². The molecular formula is C20H27F3N2O3. The molecule has 1 spiro atoms. The molecule has 8 heteroatoms. The number of carbonyl (C=O) groups is 1. The average molecular weight is 400 g/mol. The lowest BCUT2D eigenvalue weighted by Crippen LogP contribution is -2.43. The maximum atomic E-state index is 13.1. The Balaban J connectivity index is 1.65. The van der Waals surface area contributed by atoms with E-state index in [-0.39, 0.29) is 11.8 Å². The lowest BCUT2D eigenvalue weighted by molar-refractivity contribution is -0.189. The molecule has 1 aliphatic heterocycles. The fourth-order valence-electron chi connectivity index (χ4n) is 4.29. The monoisotopic (exact) mass is 400 g/mol. The number of alkyl halides is 3. The number of ether oxygens (including phenoxy) is 1. The van der Waals surface area contributed by atoms with Crippen molar-refractivity contribution in [2.45, 2.75) is 76.7 Å². The predicted octanol–water partition coefficient (Wildman–Crippen LogP) is 4.24. The molecule has 0 unspecified atom stereocenters. The normalized spacial score (nSPS) is 29.4. The smallest absolute Gasteiger partial charge is 0.425 e. The van der Waals surface area contributed by atoms with E-state index in [0.717, 1.165) is 26.2 Å². The molecule has 0 aromatic carbocycles. The van der Waals surface area contributed by atoms with E-state index in [1.807, 2.05) is 6.92 Å². The maximum Gasteiger partial charge on any atom is 0.425 e. The number of aliphatic hydroxyl groups is 1. The Morgan fingerprint density at radius 3 is 2.46 bits per heavy atom. The summed E-state index contributed by atoms with van der Waals surface area (Å²) in [6, 6.07) is 2.93. The Morgan fingerprint density at radius 2 is 1.93 bits per heavy atom. The molecule has 3 rings (SSSR count). The first-order chi connectivity index (χ1) is 13.1. The van der Waals surface area contributed by atoms with Crippen LogP contribution in [0.2, 0.25) is 0 Å². The van der Waals surface area contributed by atoms with Crippen LogP contribution in [0.1, 0.15) is 58.8 Å². The molecule has 2 aliphatic rings. The number of pyridine rings is 1. The number of hydrogen-bond acceptors (Lipinski definition) is 4. The molecule has 1 saturated carbocycles. The van der Waals surface area contributed by atoms with Crippen LogP contribution in [0.15, 0.2) is 18.3 Å². The molecular weight excluding hydrogens is 373 g/mol. The van der Waals surface area contributed by atoms with Crippen molar-refractivity contribution in [3.63, 3.8) is 0 Å². The predicted molar refractivity (Wildman–Crippen MR) is 98.1 cm³/mol. The first kappa shape index (κ1) is 20.9. The van der Waals surface area contributed by atoms with Crippen LogP contribution in [0.3, 0.4) is 0 Å². The van der Waals surface area contributed by atoms with Crippen LogP contribution in [0, 0.1) is 5.41 Å². The zero-order valence-electron chi connectivity index (χ0n) is 16.3. The minimum absolute atomic E-state index is 0.0187. The Labute approximate surface area is 162 Å². The van der Waals surface area contributed by atoms with Crippen LogP contribution in [0.4, 0.5) is 18.9 Å². The standard InChI is InChI=1S/C20H27F3N2O3/c1-3-6-19(27)9-7-18(8-10-19)11-12-25(17(18)26)15-4-5-16(24-13-15)28-14(2)20(21,22)23/h4-5,13-14,27H,3,6-12H2,1-2H3/t14-,18?,19?/m1/s1. The molecule has 1 atom stereocenters. The first-order valence-corrected chi connectivity index (χ1v) is 9.82. The number of hydrogen-bond donors (Lipinski definition) is 1. The van der Waals surface area contributed by atoms with E-state index in [9.17, 15) is 23.1 Å². The summed E-state index contributed by atoms with van der Waals surface area (Å²) in [6.07, 6.45) is -0.0679. The summed E-state index contributed by atoms with van der Waals surface area (Å²) >= 11 is 0. The second-order valence-electron chi connectivity index (χ2n) is 8.12. The zero-order chi connectivity index (χ0) is 20.6. The van der Waals surface area contributed by atoms with E-state index in [1.165, 1.54) is 12.3 Å². The molecule has 5 nitrogen and oxygen atoms in total. The molecule has 1 aliphatic carbocycles. The fourth-order valence-corrected chi connectivity index (χ4v) is 4.29. The zero-order valence-corrected chi connectivity index (χ0v) is 16.3. The quantitative estimate of drug-likeness (QED) is 0.803. The second-order valence-corrected chi connectivity index (χ2v) is 8.12. The average Bonchev–Trinajstić information content (AvgIpc) is 2.95. The third-order valence-corrected chi connectivity index (χ3v) is 6.16. The molecule has 1 aromatic heterocycles. The number of halogens is 3. The topological polar surface area (TPSA) is 62.7 Å². The summed E-state index contributed by atoms with van der Waals surface area (Å²) in [7, 11) is 0. The van der Waals surface area contributed by atoms with Gasteiger partial charge in [0.05, 0.1) is 22.9 Å². The highest BCUT2D eigenvalue weighted by Crippen LogP contribution is 2.49. The molecule has 0 bridgehead atoms. The van der Waals surface area contributed by atoms with Gasteiger partial charge < -0.3 is 14.7 Å². The Morgan fingerprint density at radius 1 is 1.25 bits per heavy atom. The first-order valence-electron chi connectivity index (χ1n) is 9.82. The van der Waals surface area contributed by atoms with Gasteiger partial charge in [0, 0.05) is 12.6 Å². The summed E-state index contributed by atoms with van der Waals surface area (Å²) in [4.78, 5) is 18.7. The van der Waals surface area contributed by atoms with Gasteiger partial charge in [-0.05, 0) is 51.5 Å². The van der Waals surface area contributed by atoms with Crippen molar-refractivity contribution in [3.05, 3.63) is 18.3 Å². The van der Waals surface area contributed by atoms with Crippen LogP contribution in [-0.4, -0.2) is 40.4 Å². The number of anilines is 1. The number of amides is 1. The van der Waals surface area contributed by atoms with E-state index in [0.29, 0.717) is 37.9 Å². The minimum atomic E-state index is -4.46. The van der Waals surface area contributed by atoms with E-state index >= 15 is 0 Å². The Hall–Kier alpha value is -1.83. The highest BCUT2D eigenvalue weighted by atomic mass is 19.4. The van der Waals surface area contributed by atoms with Crippen molar-refractivity contribution < 1.29 is 27.8 Å². The van der Waals surface area contributed by atoms with Gasteiger partial charge in [-0.25, -0.2) is 4.98 Å². The van der Waals surface area contributed by atoms with E-state index in [1.54, 1.807) is 11.0 Å². The lowest BCUT2D eigenvalue weighted by atomic mass is 9.67. The van der Waals surface area contributed by atoms with Gasteiger partial charge in [-0.3, -0.25) is 4.79 Å². The second kappa shape index (κ2) is 7.54. The van der Waals surface area contributed by atoms with E-state index in [4.69, 9.17) is 4.74 Å². The van der Waals surface area contributed by atoms with Crippen molar-refractivity contribution in [2.75, 3.05) is 11.4 Å². The Kier molecular flexibility index (Phi) is 5.62. The number of rotatable bonds is 5. The largest absolute Gasteiger partial charge is 0.465 e. The third-order valence-electron chi connectivity index (χ3n) is 6.16. The number of carbonyl (C=O) groups excluding carboxylic acids is 1. The molecule has 1 saturated heterocycles. The SMILES string of the molecule is CCCC1(O)CCC2(CCN(c3ccc(O[C@H](C)C(F)(F)F)nc3)C2=O)CC1. The van der Waals surface area contributed by atoms with Crippen molar-refractivity contribution in [1.29, 1.82) is 0 Å². The molecule has 1 amide bonds. The Bertz CT molecular complexity index is 698. The van der Waals surface area contributed by atoms with Crippen LogP contribution in [-0.2, 0) is 4.79 Å². The molecule has 1 aromatic rings. The van der Waals surface area contributed by atoms with Gasteiger partial charge in [-0.1, -0.05) is 13.3 Å². The van der Waals surface area contributed by atoms with Crippen LogP contribution in [0.5, 0.6) is 5.88 Å². The maximum absolute atomic E-state index is 13.1. The molecule has 0 radical (unpaired) electrons. The summed E-state index contributed by atoms with van der Waals surface area (Å²) < 4.78 is 42.6. The van der Waals surface area contributed by atoms with Crippen molar-refractivity contribution in [3.8, 4) is 5.88 Å². The van der Waals surface area contributed by atoms with Crippen molar-refractivity contribution in [1.82, 2.24) is 4.98 Å². The summed E-state index contributed by atoms with van der Waals surface area (Å²) in [6.45, 7) is 3.51. The molecule has 2 heterocycles. The van der Waals surface area contributed by atoms with E-state index < -0.39 is 23.3 Å². The van der Waals surface area contributed by atoms with Gasteiger partial charge in [0.1, 0.15) is 0 Å². The van der Waals surface area contributed by atoms with Crippen LogP contribution < -0.4 is 9.64 Å². The molecule has 156 valence electrons. The van der Waals surface area contributed by atoms with Gasteiger partial charge in [-0.2, -0.15) is 13.2 Å². The summed E-state index contributed by atoms with van der Waals surface area (Å²) in [5.41, 5.74) is -0.549. The fraction of sp³-hybridized carbons (Fsp3) is 0.700. The lowest BCUT2D eigenvalue weighted by Gasteiger charge is -2.40. The van der Waals surface area contributed by atoms with Gasteiger partial charge in [-0.15, -0.1) is 0 Å². The van der Waals surface area contributed by atoms with Crippen LogP contribution in [0.25, 0.3) is 0 Å². The molecule has 2 fully saturated rings. The van der Waals surface area contributed by atoms with Crippen LogP contribution >= 0.6 is 0 Å². The third kappa shape index (κ3) is 4.11. The van der Waals surface area contributed by atoms with Gasteiger partial charge in [0.2, 0.25) is 11.8 Å². The number of aromatic nitrogens is 1. The van der Waals surface area contributed by atoms with Gasteiger partial charge in [0.15, 0.2) is 6.10 Å². The highest BCUT2D eigenvalue weighted by Gasteiger charge is 2.51. The van der Waals surface area contributed by atoms with Crippen molar-refractivity contribution >= 4 is 11.6 Å².